The van der Waals surface area contributed by atoms with Crippen molar-refractivity contribution >= 4 is 11.6 Å². The lowest BCUT2D eigenvalue weighted by molar-refractivity contribution is -0.355. The zero-order valence-corrected chi connectivity index (χ0v) is 14.4. The maximum Gasteiger partial charge on any atom is 0.458 e. The van der Waals surface area contributed by atoms with Gasteiger partial charge in [-0.05, 0) is 31.0 Å². The molecule has 0 radical (unpaired) electrons. The van der Waals surface area contributed by atoms with E-state index in [-0.39, 0.29) is 18.2 Å². The number of aryl methyl sites for hydroxylation is 2. The molecule has 0 bridgehead atoms. The van der Waals surface area contributed by atoms with Crippen LogP contribution in [0.1, 0.15) is 39.4 Å². The van der Waals surface area contributed by atoms with Gasteiger partial charge in [-0.15, -0.1) is 0 Å². The van der Waals surface area contributed by atoms with Gasteiger partial charge in [0.05, 0.1) is 17.8 Å². The molecule has 2 N–H and O–H groups in total. The number of rotatable bonds is 4. The Hall–Kier alpha value is -2.88. The van der Waals surface area contributed by atoms with Crippen LogP contribution in [-0.4, -0.2) is 33.8 Å². The van der Waals surface area contributed by atoms with Gasteiger partial charge in [-0.25, -0.2) is 0 Å². The lowest BCUT2D eigenvalue weighted by atomic mass is 10.0. The number of carbonyl (C=O) groups excluding carboxylic acids is 1. The van der Waals surface area contributed by atoms with Crippen LogP contribution in [0.25, 0.3) is 0 Å². The average molecular weight is 383 g/mol. The number of aromatic nitrogens is 1. The molecule has 10 heteroatoms. The topological polar surface area (TPSA) is 97.0 Å². The van der Waals surface area contributed by atoms with Crippen LogP contribution in [0.2, 0.25) is 0 Å². The summed E-state index contributed by atoms with van der Waals surface area (Å²) in [7, 11) is 0. The number of hydrogen-bond donors (Lipinski definition) is 2. The first-order valence-corrected chi connectivity index (χ1v) is 7.95. The van der Waals surface area contributed by atoms with E-state index in [1.54, 1.807) is 38.1 Å². The third-order valence-corrected chi connectivity index (χ3v) is 4.13. The quantitative estimate of drug-likeness (QED) is 0.846. The van der Waals surface area contributed by atoms with E-state index >= 15 is 0 Å². The normalized spacial score (nSPS) is 19.6. The fourth-order valence-electron chi connectivity index (χ4n) is 2.67. The maximum absolute atomic E-state index is 12.8. The van der Waals surface area contributed by atoms with Crippen molar-refractivity contribution in [2.75, 3.05) is 0 Å². The van der Waals surface area contributed by atoms with Gasteiger partial charge in [0.2, 0.25) is 0 Å². The minimum atomic E-state index is -4.96. The van der Waals surface area contributed by atoms with Crippen LogP contribution in [0.5, 0.6) is 0 Å². The van der Waals surface area contributed by atoms with Gasteiger partial charge in [-0.2, -0.15) is 13.2 Å². The molecule has 1 aliphatic heterocycles. The molecule has 1 aromatic carbocycles. The molecular formula is C17H16F3N3O4. The monoisotopic (exact) mass is 383 g/mol. The van der Waals surface area contributed by atoms with Gasteiger partial charge in [0.25, 0.3) is 5.91 Å². The minimum Gasteiger partial charge on any atom is -0.361 e. The molecule has 3 rings (SSSR count). The number of amides is 1. The van der Waals surface area contributed by atoms with Crippen LogP contribution in [0.3, 0.4) is 0 Å². The summed E-state index contributed by atoms with van der Waals surface area (Å²) in [5.74, 6) is -3.30. The summed E-state index contributed by atoms with van der Waals surface area (Å²) >= 11 is 0. The SMILES string of the molecule is Cc1noc(C)c1C(=O)NCc1cccc(C2=NOC(O)(C(F)(F)F)C2)c1. The number of nitrogens with one attached hydrogen (secondary N) is 1. The number of halogens is 3. The standard InChI is InChI=1S/C17H16F3N3O4/c1-9-14(10(2)26-22-9)15(24)21-8-11-4-3-5-12(6-11)13-7-16(25,27-23-13)17(18,19)20/h3-6,25H,7-8H2,1-2H3,(H,21,24). The van der Waals surface area contributed by atoms with Crippen LogP contribution >= 0.6 is 0 Å². The first-order chi connectivity index (χ1) is 12.6. The van der Waals surface area contributed by atoms with Gasteiger partial charge in [-0.3, -0.25) is 4.79 Å². The van der Waals surface area contributed by atoms with Crippen molar-refractivity contribution in [1.82, 2.24) is 10.5 Å². The molecule has 2 aromatic rings. The number of carbonyl (C=O) groups is 1. The fourth-order valence-corrected chi connectivity index (χ4v) is 2.67. The highest BCUT2D eigenvalue weighted by Gasteiger charge is 2.60. The predicted octanol–water partition coefficient (Wildman–Crippen LogP) is 2.60. The first-order valence-electron chi connectivity index (χ1n) is 7.95. The smallest absolute Gasteiger partial charge is 0.361 e. The predicted molar refractivity (Wildman–Crippen MR) is 86.8 cm³/mol. The maximum atomic E-state index is 12.8. The molecule has 27 heavy (non-hydrogen) atoms. The van der Waals surface area contributed by atoms with Gasteiger partial charge in [0.15, 0.2) is 0 Å². The summed E-state index contributed by atoms with van der Waals surface area (Å²) in [5.41, 5.74) is 1.77. The number of nitrogens with zero attached hydrogens (tertiary/aromatic N) is 2. The molecule has 0 saturated carbocycles. The van der Waals surface area contributed by atoms with Crippen molar-refractivity contribution in [2.24, 2.45) is 5.16 Å². The minimum absolute atomic E-state index is 0.0336. The molecule has 0 fully saturated rings. The van der Waals surface area contributed by atoms with E-state index in [1.165, 1.54) is 0 Å². The van der Waals surface area contributed by atoms with Gasteiger partial charge in [0, 0.05) is 6.54 Å². The largest absolute Gasteiger partial charge is 0.458 e. The van der Waals surface area contributed by atoms with Gasteiger partial charge in [0.1, 0.15) is 11.3 Å². The second-order valence-corrected chi connectivity index (χ2v) is 6.17. The lowest BCUT2D eigenvalue weighted by Crippen LogP contribution is -2.45. The van der Waals surface area contributed by atoms with E-state index in [0.29, 0.717) is 28.1 Å². The molecule has 7 nitrogen and oxygen atoms in total. The Morgan fingerprint density at radius 2 is 2.11 bits per heavy atom. The average Bonchev–Trinajstić information content (AvgIpc) is 3.16. The Morgan fingerprint density at radius 1 is 1.37 bits per heavy atom. The van der Waals surface area contributed by atoms with Crippen molar-refractivity contribution in [2.45, 2.75) is 38.8 Å². The molecular weight excluding hydrogens is 367 g/mol. The van der Waals surface area contributed by atoms with Gasteiger partial charge < -0.3 is 19.8 Å². The molecule has 1 aliphatic rings. The van der Waals surface area contributed by atoms with Gasteiger partial charge in [-0.1, -0.05) is 28.5 Å². The summed E-state index contributed by atoms with van der Waals surface area (Å²) in [5, 5.41) is 19.3. The van der Waals surface area contributed by atoms with Crippen LogP contribution in [0, 0.1) is 13.8 Å². The van der Waals surface area contributed by atoms with Crippen LogP contribution in [0.15, 0.2) is 33.9 Å². The van der Waals surface area contributed by atoms with E-state index < -0.39 is 18.4 Å². The zero-order valence-electron chi connectivity index (χ0n) is 14.4. The summed E-state index contributed by atoms with van der Waals surface area (Å²) in [4.78, 5) is 16.5. The van der Waals surface area contributed by atoms with E-state index in [0.717, 1.165) is 0 Å². The van der Waals surface area contributed by atoms with Crippen molar-refractivity contribution in [3.05, 3.63) is 52.4 Å². The van der Waals surface area contributed by atoms with Crippen LogP contribution in [0.4, 0.5) is 13.2 Å². The van der Waals surface area contributed by atoms with E-state index in [9.17, 15) is 23.1 Å². The molecule has 2 heterocycles. The Labute approximate surface area is 151 Å². The lowest BCUT2D eigenvalue weighted by Gasteiger charge is -2.22. The summed E-state index contributed by atoms with van der Waals surface area (Å²) < 4.78 is 43.4. The second kappa shape index (κ2) is 6.69. The van der Waals surface area contributed by atoms with Crippen LogP contribution in [-0.2, 0) is 11.4 Å². The zero-order chi connectivity index (χ0) is 19.8. The molecule has 0 saturated heterocycles. The number of hydrogen-bond acceptors (Lipinski definition) is 6. The number of benzene rings is 1. The van der Waals surface area contributed by atoms with Gasteiger partial charge >= 0.3 is 12.0 Å². The Morgan fingerprint density at radius 3 is 2.70 bits per heavy atom. The third kappa shape index (κ3) is 3.65. The summed E-state index contributed by atoms with van der Waals surface area (Å²) in [6.07, 6.45) is -5.77. The highest BCUT2D eigenvalue weighted by molar-refractivity contribution is 6.01. The highest BCUT2D eigenvalue weighted by atomic mass is 19.4. The van der Waals surface area contributed by atoms with Crippen molar-refractivity contribution in [3.8, 4) is 0 Å². The van der Waals surface area contributed by atoms with E-state index in [4.69, 9.17) is 4.52 Å². The van der Waals surface area contributed by atoms with E-state index in [1.807, 2.05) is 0 Å². The van der Waals surface area contributed by atoms with Crippen LogP contribution < -0.4 is 5.32 Å². The van der Waals surface area contributed by atoms with Crippen molar-refractivity contribution in [3.63, 3.8) is 0 Å². The summed E-state index contributed by atoms with van der Waals surface area (Å²) in [6.45, 7) is 3.40. The number of alkyl halides is 3. The van der Waals surface area contributed by atoms with Crippen molar-refractivity contribution in [1.29, 1.82) is 0 Å². The third-order valence-electron chi connectivity index (χ3n) is 4.13. The highest BCUT2D eigenvalue weighted by Crippen LogP contribution is 2.38. The molecule has 0 aliphatic carbocycles. The molecule has 1 aromatic heterocycles. The fraction of sp³-hybridized carbons (Fsp3) is 0.353. The summed E-state index contributed by atoms with van der Waals surface area (Å²) in [6, 6.07) is 6.42. The molecule has 1 amide bonds. The molecule has 1 atom stereocenters. The number of oxime groups is 1. The Bertz CT molecular complexity index is 888. The molecule has 1 unspecified atom stereocenters. The first kappa shape index (κ1) is 18.9. The van der Waals surface area contributed by atoms with E-state index in [2.05, 4.69) is 20.5 Å². The molecule has 0 spiro atoms. The Balaban J connectivity index is 1.69. The number of aliphatic hydroxyl groups is 1. The second-order valence-electron chi connectivity index (χ2n) is 6.17. The van der Waals surface area contributed by atoms with Crippen molar-refractivity contribution < 1.29 is 32.4 Å². The molecule has 144 valence electrons. The Kier molecular flexibility index (Phi) is 4.68.